The molecule has 6 heteroatoms. The van der Waals surface area contributed by atoms with Crippen LogP contribution >= 0.6 is 0 Å². The Kier molecular flexibility index (Phi) is 4.77. The van der Waals surface area contributed by atoms with Gasteiger partial charge in [0.25, 0.3) is 0 Å². The highest BCUT2D eigenvalue weighted by atomic mass is 16.2. The number of amides is 3. The van der Waals surface area contributed by atoms with E-state index in [1.54, 1.807) is 4.90 Å². The van der Waals surface area contributed by atoms with E-state index in [0.717, 1.165) is 48.3 Å². The molecule has 6 nitrogen and oxygen atoms in total. The molecule has 5 rings (SSSR count). The van der Waals surface area contributed by atoms with E-state index in [0.29, 0.717) is 13.1 Å². The number of nitrogens with one attached hydrogen (secondary N) is 1. The Morgan fingerprint density at radius 2 is 1.80 bits per heavy atom. The monoisotopic (exact) mass is 403 g/mol. The molecule has 0 spiro atoms. The van der Waals surface area contributed by atoms with Crippen LogP contribution in [0.15, 0.2) is 48.5 Å². The number of hydrogen-bond donors (Lipinski definition) is 1. The second-order valence-corrected chi connectivity index (χ2v) is 8.44. The van der Waals surface area contributed by atoms with Crippen LogP contribution in [0.25, 0.3) is 0 Å². The standard InChI is InChI=1S/C24H25N3O3/c28-22-14-18(23(29)25-19-7-2-1-3-8-19)15-27(22)20-9-10-21-17(13-20)11-12-26(21)24(30)16-5-4-6-16/h1-3,7-10,13,16,18H,4-6,11-12,14-15H2,(H,25,29)/t18-/m1/s1. The number of carbonyl (C=O) groups excluding carboxylic acids is 3. The first-order valence-corrected chi connectivity index (χ1v) is 10.7. The smallest absolute Gasteiger partial charge is 0.230 e. The summed E-state index contributed by atoms with van der Waals surface area (Å²) in [6, 6.07) is 15.2. The first-order chi connectivity index (χ1) is 14.6. The average Bonchev–Trinajstić information content (AvgIpc) is 3.30. The van der Waals surface area contributed by atoms with Crippen molar-refractivity contribution in [3.05, 3.63) is 54.1 Å². The maximum Gasteiger partial charge on any atom is 0.230 e. The van der Waals surface area contributed by atoms with Gasteiger partial charge < -0.3 is 15.1 Å². The van der Waals surface area contributed by atoms with Gasteiger partial charge in [-0.15, -0.1) is 0 Å². The van der Waals surface area contributed by atoms with Crippen molar-refractivity contribution in [2.75, 3.05) is 28.2 Å². The SMILES string of the molecule is O=C(Nc1ccccc1)[C@@H]1CC(=O)N(c2ccc3c(c2)CCN3C(=O)C2CCC2)C1. The van der Waals surface area contributed by atoms with Crippen molar-refractivity contribution in [3.63, 3.8) is 0 Å². The van der Waals surface area contributed by atoms with Crippen molar-refractivity contribution in [1.82, 2.24) is 0 Å². The number of fused-ring (bicyclic) bond motifs is 1. The zero-order valence-electron chi connectivity index (χ0n) is 16.8. The van der Waals surface area contributed by atoms with Crippen molar-refractivity contribution in [1.29, 1.82) is 0 Å². The molecular formula is C24H25N3O3. The van der Waals surface area contributed by atoms with Gasteiger partial charge in [-0.1, -0.05) is 24.6 Å². The maximum absolute atomic E-state index is 12.7. The number of benzene rings is 2. The highest BCUT2D eigenvalue weighted by molar-refractivity contribution is 6.04. The highest BCUT2D eigenvalue weighted by Crippen LogP contribution is 2.37. The van der Waals surface area contributed by atoms with Crippen molar-refractivity contribution >= 4 is 34.8 Å². The molecule has 2 aliphatic heterocycles. The molecule has 1 saturated heterocycles. The van der Waals surface area contributed by atoms with Gasteiger partial charge in [-0.3, -0.25) is 14.4 Å². The molecule has 3 amide bonds. The van der Waals surface area contributed by atoms with Crippen molar-refractivity contribution in [2.24, 2.45) is 11.8 Å². The molecule has 0 unspecified atom stereocenters. The van der Waals surface area contributed by atoms with Crippen LogP contribution in [0.4, 0.5) is 17.1 Å². The third-order valence-corrected chi connectivity index (χ3v) is 6.53. The lowest BCUT2D eigenvalue weighted by Crippen LogP contribution is -2.37. The molecule has 0 radical (unpaired) electrons. The van der Waals surface area contributed by atoms with Gasteiger partial charge in [0.2, 0.25) is 17.7 Å². The molecule has 0 bridgehead atoms. The number of rotatable bonds is 4. The van der Waals surface area contributed by atoms with E-state index in [-0.39, 0.29) is 36.0 Å². The van der Waals surface area contributed by atoms with E-state index >= 15 is 0 Å². The van der Waals surface area contributed by atoms with Gasteiger partial charge in [0.05, 0.1) is 5.92 Å². The first-order valence-electron chi connectivity index (χ1n) is 10.7. The minimum Gasteiger partial charge on any atom is -0.326 e. The molecular weight excluding hydrogens is 378 g/mol. The second kappa shape index (κ2) is 7.59. The first kappa shape index (κ1) is 18.9. The predicted molar refractivity (Wildman–Crippen MR) is 115 cm³/mol. The maximum atomic E-state index is 12.7. The van der Waals surface area contributed by atoms with E-state index in [2.05, 4.69) is 5.32 Å². The Labute approximate surface area is 175 Å². The average molecular weight is 403 g/mol. The van der Waals surface area contributed by atoms with Gasteiger partial charge in [-0.05, 0) is 55.2 Å². The van der Waals surface area contributed by atoms with Gasteiger partial charge >= 0.3 is 0 Å². The fraction of sp³-hybridized carbons (Fsp3) is 0.375. The summed E-state index contributed by atoms with van der Waals surface area (Å²) in [4.78, 5) is 41.5. The van der Waals surface area contributed by atoms with Crippen LogP contribution in [-0.2, 0) is 20.8 Å². The van der Waals surface area contributed by atoms with Crippen LogP contribution in [0.3, 0.4) is 0 Å². The number of para-hydroxylation sites is 1. The highest BCUT2D eigenvalue weighted by Gasteiger charge is 2.37. The molecule has 2 heterocycles. The number of carbonyl (C=O) groups is 3. The summed E-state index contributed by atoms with van der Waals surface area (Å²) in [6.07, 6.45) is 4.16. The van der Waals surface area contributed by atoms with E-state index in [1.807, 2.05) is 53.4 Å². The van der Waals surface area contributed by atoms with Crippen molar-refractivity contribution in [3.8, 4) is 0 Å². The van der Waals surface area contributed by atoms with E-state index < -0.39 is 0 Å². The largest absolute Gasteiger partial charge is 0.326 e. The second-order valence-electron chi connectivity index (χ2n) is 8.44. The molecule has 0 aromatic heterocycles. The Morgan fingerprint density at radius 3 is 2.53 bits per heavy atom. The Hall–Kier alpha value is -3.15. The van der Waals surface area contributed by atoms with Crippen LogP contribution in [0.2, 0.25) is 0 Å². The topological polar surface area (TPSA) is 69.7 Å². The van der Waals surface area contributed by atoms with Crippen LogP contribution in [0.5, 0.6) is 0 Å². The summed E-state index contributed by atoms with van der Waals surface area (Å²) in [7, 11) is 0. The lowest BCUT2D eigenvalue weighted by molar-refractivity contribution is -0.124. The van der Waals surface area contributed by atoms with Gasteiger partial charge in [0, 0.05) is 42.5 Å². The summed E-state index contributed by atoms with van der Waals surface area (Å²) in [5, 5.41) is 2.90. The molecule has 1 saturated carbocycles. The number of anilines is 3. The summed E-state index contributed by atoms with van der Waals surface area (Å²) >= 11 is 0. The lowest BCUT2D eigenvalue weighted by atomic mass is 9.84. The zero-order valence-corrected chi connectivity index (χ0v) is 16.8. The fourth-order valence-electron chi connectivity index (χ4n) is 4.56. The van der Waals surface area contributed by atoms with Gasteiger partial charge in [-0.2, -0.15) is 0 Å². The molecule has 1 N–H and O–H groups in total. The zero-order chi connectivity index (χ0) is 20.7. The van der Waals surface area contributed by atoms with Crippen molar-refractivity contribution in [2.45, 2.75) is 32.1 Å². The van der Waals surface area contributed by atoms with Crippen molar-refractivity contribution < 1.29 is 14.4 Å². The minimum absolute atomic E-state index is 0.0384. The third kappa shape index (κ3) is 3.36. The summed E-state index contributed by atoms with van der Waals surface area (Å²) in [5.41, 5.74) is 3.62. The van der Waals surface area contributed by atoms with E-state index in [9.17, 15) is 14.4 Å². The third-order valence-electron chi connectivity index (χ3n) is 6.53. The molecule has 1 atom stereocenters. The van der Waals surface area contributed by atoms with Crippen LogP contribution in [0.1, 0.15) is 31.2 Å². The van der Waals surface area contributed by atoms with Gasteiger partial charge in [-0.25, -0.2) is 0 Å². The Morgan fingerprint density at radius 1 is 1.00 bits per heavy atom. The van der Waals surface area contributed by atoms with Crippen LogP contribution in [-0.4, -0.2) is 30.8 Å². The van der Waals surface area contributed by atoms with E-state index in [1.165, 1.54) is 0 Å². The van der Waals surface area contributed by atoms with Crippen LogP contribution in [0, 0.1) is 11.8 Å². The Balaban J connectivity index is 1.29. The fourth-order valence-corrected chi connectivity index (χ4v) is 4.56. The normalized spacial score (nSPS) is 20.8. The summed E-state index contributed by atoms with van der Waals surface area (Å²) in [6.45, 7) is 1.09. The summed E-state index contributed by atoms with van der Waals surface area (Å²) < 4.78 is 0. The molecule has 154 valence electrons. The number of hydrogen-bond acceptors (Lipinski definition) is 3. The van der Waals surface area contributed by atoms with Gasteiger partial charge in [0.15, 0.2) is 0 Å². The van der Waals surface area contributed by atoms with E-state index in [4.69, 9.17) is 0 Å². The minimum atomic E-state index is -0.373. The quantitative estimate of drug-likeness (QED) is 0.851. The number of nitrogens with zero attached hydrogens (tertiary/aromatic N) is 2. The molecule has 2 aromatic rings. The predicted octanol–water partition coefficient (Wildman–Crippen LogP) is 3.37. The van der Waals surface area contributed by atoms with Crippen LogP contribution < -0.4 is 15.1 Å². The molecule has 2 aromatic carbocycles. The molecule has 1 aliphatic carbocycles. The molecule has 30 heavy (non-hydrogen) atoms. The molecule has 3 aliphatic rings. The Bertz CT molecular complexity index is 1000. The molecule has 2 fully saturated rings. The summed E-state index contributed by atoms with van der Waals surface area (Å²) in [5.74, 6) is -0.121. The lowest BCUT2D eigenvalue weighted by Gasteiger charge is -2.29. The van der Waals surface area contributed by atoms with Gasteiger partial charge in [0.1, 0.15) is 0 Å².